The number of carbonyl (C=O) groups excluding carboxylic acids is 6. The summed E-state index contributed by atoms with van der Waals surface area (Å²) in [5, 5.41) is 64.3. The summed E-state index contributed by atoms with van der Waals surface area (Å²) in [6.07, 6.45) is -11.9. The Morgan fingerprint density at radius 1 is 0.475 bits per heavy atom. The van der Waals surface area contributed by atoms with Crippen molar-refractivity contribution in [1.29, 1.82) is 0 Å². The van der Waals surface area contributed by atoms with Crippen LogP contribution in [0, 0.1) is 33.5 Å². The molecular weight excluding hydrogens is 1630 g/mol. The van der Waals surface area contributed by atoms with Gasteiger partial charge in [-0.25, -0.2) is 9.59 Å². The largest absolute Gasteiger partial charge is 0.535 e. The SMILES string of the molecule is C.CC(=N[Si](C)(C)C(C)(C)C)O[Si](C)(C)C(C)(C)C.CC(=O)O[C@@]12CO[C@@H]1C[C@H](O[Si](C)(C)c1ccccc1)[C@@]1(C)C(=O)[C@H](O)C3=C(C)[C@@H](O)C[C@@](O)([C@@H](OC(=O)c4ccccc4)C12)C3(C)C.CC(=O)O[C@@]12CO[C@@H]1C[C@H](O[Si](C)(C)c1ccccc1)[C@@]1(C)C(=O)[C@H](O[Si](C)(C)C(C)(C)C)C3=C(C)[C@@H](O)C[C@@](O)([C@@H](OC(=O)c4ccccc4)C12)C3(C)C. The Balaban J connectivity index is 0.000000231. The first-order valence-electron chi connectivity index (χ1n) is 42.9. The molecule has 5 N–H and O–H groups in total. The zero-order chi connectivity index (χ0) is 90.8. The maximum absolute atomic E-state index is 16.4. The molecule has 4 bridgehead atoms. The van der Waals surface area contributed by atoms with Crippen LogP contribution in [0.2, 0.25) is 80.6 Å². The summed E-state index contributed by atoms with van der Waals surface area (Å²) in [5.41, 5.74) is -11.1. The van der Waals surface area contributed by atoms with Crippen LogP contribution >= 0.6 is 0 Å². The van der Waals surface area contributed by atoms with Crippen molar-refractivity contribution in [2.45, 2.75) is 336 Å². The number of carbonyl (C=O) groups is 6. The van der Waals surface area contributed by atoms with E-state index in [4.69, 9.17) is 50.8 Å². The molecule has 6 fully saturated rings. The number of aliphatic hydroxyl groups is 5. The lowest BCUT2D eigenvalue weighted by Gasteiger charge is -2.68. The van der Waals surface area contributed by atoms with E-state index in [1.54, 1.807) is 95.3 Å². The van der Waals surface area contributed by atoms with E-state index in [0.29, 0.717) is 16.7 Å². The molecule has 2 aliphatic heterocycles. The summed E-state index contributed by atoms with van der Waals surface area (Å²) in [7, 11) is -11.7. The van der Waals surface area contributed by atoms with Crippen molar-refractivity contribution in [3.05, 3.63) is 155 Å². The van der Waals surface area contributed by atoms with E-state index in [0.717, 1.165) is 16.3 Å². The van der Waals surface area contributed by atoms with Gasteiger partial charge in [-0.15, -0.1) is 0 Å². The molecule has 0 aromatic heterocycles. The van der Waals surface area contributed by atoms with Crippen LogP contribution in [0.3, 0.4) is 0 Å². The van der Waals surface area contributed by atoms with Gasteiger partial charge in [0, 0.05) is 57.3 Å². The highest BCUT2D eigenvalue weighted by molar-refractivity contribution is 6.85. The van der Waals surface area contributed by atoms with E-state index in [1.165, 1.54) is 13.8 Å². The fourth-order valence-electron chi connectivity index (χ4n) is 19.8. The van der Waals surface area contributed by atoms with E-state index in [-0.39, 0.29) is 83.9 Å². The molecule has 2 saturated heterocycles. The third-order valence-electron chi connectivity index (χ3n) is 30.3. The quantitative estimate of drug-likeness (QED) is 0.0174. The van der Waals surface area contributed by atoms with E-state index >= 15 is 9.59 Å². The number of ether oxygens (including phenoxy) is 6. The van der Waals surface area contributed by atoms with Gasteiger partial charge in [0.25, 0.3) is 8.32 Å². The van der Waals surface area contributed by atoms with Crippen molar-refractivity contribution in [3.63, 3.8) is 0 Å². The number of rotatable bonds is 16. The number of fused-ring (bicyclic) bond motifs is 10. The summed E-state index contributed by atoms with van der Waals surface area (Å²) in [6, 6.07) is 36.4. The van der Waals surface area contributed by atoms with Crippen LogP contribution in [-0.2, 0) is 65.3 Å². The van der Waals surface area contributed by atoms with Gasteiger partial charge in [-0.05, 0) is 165 Å². The first kappa shape index (κ1) is 99.5. The van der Waals surface area contributed by atoms with Crippen LogP contribution in [0.15, 0.2) is 148 Å². The molecule has 8 aliphatic rings. The molecule has 22 nitrogen and oxygen atoms in total. The van der Waals surface area contributed by atoms with Gasteiger partial charge in [0.05, 0.1) is 71.4 Å². The van der Waals surface area contributed by atoms with Crippen molar-refractivity contribution < 1.29 is 100 Å². The molecule has 4 aromatic rings. The Morgan fingerprint density at radius 2 is 0.811 bits per heavy atom. The summed E-state index contributed by atoms with van der Waals surface area (Å²) < 4.78 is 70.7. The van der Waals surface area contributed by atoms with E-state index in [1.807, 2.05) is 101 Å². The molecular formula is C95H143NO21Si5. The number of aliphatic hydroxyl groups excluding tert-OH is 3. The average molecular weight is 1780 g/mol. The van der Waals surface area contributed by atoms with Crippen molar-refractivity contribution >= 4 is 93.2 Å². The van der Waals surface area contributed by atoms with Crippen LogP contribution in [0.25, 0.3) is 0 Å². The highest BCUT2D eigenvalue weighted by Crippen LogP contribution is 2.68. The Labute approximate surface area is 731 Å². The molecule has 27 heteroatoms. The molecule has 0 radical (unpaired) electrons. The molecule has 12 rings (SSSR count). The van der Waals surface area contributed by atoms with Crippen molar-refractivity contribution in [2.75, 3.05) is 13.2 Å². The predicted molar refractivity (Wildman–Crippen MR) is 487 cm³/mol. The predicted octanol–water partition coefficient (Wildman–Crippen LogP) is 15.5. The number of benzene rings is 4. The van der Waals surface area contributed by atoms with E-state index in [2.05, 4.69) is 115 Å². The second kappa shape index (κ2) is 34.4. The van der Waals surface area contributed by atoms with Gasteiger partial charge in [-0.2, -0.15) is 0 Å². The minimum Gasteiger partial charge on any atom is -0.535 e. The fourth-order valence-corrected chi connectivity index (χ4v) is 27.7. The van der Waals surface area contributed by atoms with Crippen LogP contribution < -0.4 is 10.4 Å². The lowest BCUT2D eigenvalue weighted by molar-refractivity contribution is -0.344. The number of hydrogen-bond acceptors (Lipinski definition) is 22. The van der Waals surface area contributed by atoms with Gasteiger partial charge in [0.1, 0.15) is 47.8 Å². The van der Waals surface area contributed by atoms with Gasteiger partial charge in [-0.1, -0.05) is 194 Å². The Morgan fingerprint density at radius 3 is 1.14 bits per heavy atom. The lowest BCUT2D eigenvalue weighted by Crippen LogP contribution is -2.82. The molecule has 2 unspecified atom stereocenters. The fraction of sp³-hybridized carbons (Fsp3) is 0.632. The van der Waals surface area contributed by atoms with Crippen LogP contribution in [-0.4, -0.2) is 205 Å². The van der Waals surface area contributed by atoms with Crippen LogP contribution in [0.5, 0.6) is 0 Å². The Kier molecular flexibility index (Phi) is 28.1. The summed E-state index contributed by atoms with van der Waals surface area (Å²) in [5.74, 6) is -5.24. The van der Waals surface area contributed by atoms with E-state index < -0.39 is 188 Å². The Hall–Kier alpha value is -6.27. The lowest BCUT2D eigenvalue weighted by atomic mass is 9.44. The van der Waals surface area contributed by atoms with Gasteiger partial charge in [-0.3, -0.25) is 23.8 Å². The molecule has 0 spiro atoms. The van der Waals surface area contributed by atoms with E-state index in [9.17, 15) is 44.7 Å². The number of hydrogen-bond donors (Lipinski definition) is 5. The van der Waals surface area contributed by atoms with Crippen LogP contribution in [0.4, 0.5) is 0 Å². The Bertz CT molecular complexity index is 4630. The molecule has 4 saturated carbocycles. The molecule has 6 aliphatic carbocycles. The second-order valence-electron chi connectivity index (χ2n) is 42.5. The van der Waals surface area contributed by atoms with Gasteiger partial charge < -0.3 is 71.7 Å². The van der Waals surface area contributed by atoms with Crippen molar-refractivity contribution in [1.82, 2.24) is 0 Å². The summed E-state index contributed by atoms with van der Waals surface area (Å²) in [4.78, 5) is 86.0. The highest BCUT2D eigenvalue weighted by atomic mass is 28.4. The average Bonchev–Trinajstić information content (AvgIpc) is 0.673. The molecule has 4 aromatic carbocycles. The first-order valence-corrected chi connectivity index (χ1v) is 57.5. The minimum atomic E-state index is -2.81. The smallest absolute Gasteiger partial charge is 0.338 e. The van der Waals surface area contributed by atoms with Crippen molar-refractivity contribution in [3.8, 4) is 0 Å². The number of nitrogens with zero attached hydrogens (tertiary/aromatic N) is 1. The topological polar surface area (TPSA) is 308 Å². The normalized spacial score (nSPS) is 32.6. The summed E-state index contributed by atoms with van der Waals surface area (Å²) >= 11 is 0. The van der Waals surface area contributed by atoms with Gasteiger partial charge in [0.2, 0.25) is 16.6 Å². The zero-order valence-electron chi connectivity index (χ0n) is 77.4. The van der Waals surface area contributed by atoms with Crippen molar-refractivity contribution in [2.24, 2.45) is 38.2 Å². The minimum absolute atomic E-state index is 0. The third-order valence-corrected chi connectivity index (χ3v) is 48.9. The third kappa shape index (κ3) is 17.5. The first-order chi connectivity index (χ1) is 55.4. The molecule has 122 heavy (non-hydrogen) atoms. The van der Waals surface area contributed by atoms with Crippen LogP contribution in [0.1, 0.15) is 192 Å². The number of Topliss-reactive ketones (excluding diaryl/α,β-unsaturated/α-hetero) is 2. The molecule has 2 heterocycles. The monoisotopic (exact) mass is 1770 g/mol. The van der Waals surface area contributed by atoms with Gasteiger partial charge >= 0.3 is 23.9 Å². The highest BCUT2D eigenvalue weighted by Gasteiger charge is 2.81. The number of esters is 4. The standard InChI is InChI=1S/C43H60O10Si2.C37H46O10Si.C14H33NOSi2.CH4/c1-26-30(45)24-43(48)37(50-38(47)28-19-15-13-16-20-28)35-41(8,36(46)34(33(26)40(43,6)7)53-55(11,12)39(3,4)5)31(23-32-42(35,25-49-32)51-27(2)44)52-54(9,10)29-21-17-14-18-22-29;1-21-25(39)19-37(43)32(45-33(42)23-14-10-8-11-15-23)30-35(5,31(41)29(40)28(21)34(37,3)4)26(18-27-36(30,20-44-27)46-22(2)38)47-48(6,7)24-16-12-9-13-17-24;1-12(15-17(8,9)13(2,3)4)16-18(10,11)14(5,6)7;/h13-22,30-32,34-35,37,45,48H,23-25H2,1-12H3;8-17,25-27,29-30,32,39-40,43H,18-20H2,1-7H3;1-11H3;1H4/t30-,31-,32+,34+,35?,37-,41+,42-,43+;25-,26-,27+,29+,30?,32-,35+,36-,37+;;/m00../s1. The molecule has 0 amide bonds. The second-order valence-corrected chi connectivity index (χ2v) is 64.5. The zero-order valence-corrected chi connectivity index (χ0v) is 82.4. The molecule has 674 valence electrons. The summed E-state index contributed by atoms with van der Waals surface area (Å²) in [6.45, 7) is 59.7. The maximum Gasteiger partial charge on any atom is 0.338 e. The maximum atomic E-state index is 16.4. The molecule has 18 atom stereocenters. The van der Waals surface area contributed by atoms with Gasteiger partial charge in [0.15, 0.2) is 45.2 Å². The number of ketones is 2.